The second kappa shape index (κ2) is 4.17. The van der Waals surface area contributed by atoms with Crippen molar-refractivity contribution in [3.8, 4) is 0 Å². The Kier molecular flexibility index (Phi) is 3.32. The summed E-state index contributed by atoms with van der Waals surface area (Å²) in [6.07, 6.45) is 0.899. The Morgan fingerprint density at radius 1 is 1.40 bits per heavy atom. The molecule has 0 fully saturated rings. The van der Waals surface area contributed by atoms with Crippen LogP contribution in [-0.4, -0.2) is 18.2 Å². The molecule has 1 aliphatic rings. The Hall–Kier alpha value is -1.12. The van der Waals surface area contributed by atoms with Crippen LogP contribution in [0, 0.1) is 5.41 Å². The Balaban J connectivity index is 2.47. The third kappa shape index (κ3) is 3.18. The van der Waals surface area contributed by atoms with Gasteiger partial charge in [-0.05, 0) is 19.4 Å². The van der Waals surface area contributed by atoms with Gasteiger partial charge in [0, 0.05) is 29.8 Å². The largest absolute Gasteiger partial charge is 0.352 e. The molecule has 0 aromatic heterocycles. The molecule has 3 heteroatoms. The topological polar surface area (TPSA) is 41.5 Å². The summed E-state index contributed by atoms with van der Waals surface area (Å²) in [6, 6.07) is 0. The van der Waals surface area contributed by atoms with Gasteiger partial charge in [0.15, 0.2) is 0 Å². The van der Waals surface area contributed by atoms with E-state index in [9.17, 15) is 4.79 Å². The Labute approximate surface area is 91.7 Å². The van der Waals surface area contributed by atoms with E-state index in [4.69, 9.17) is 0 Å². The van der Waals surface area contributed by atoms with Crippen LogP contribution in [0.5, 0.6) is 0 Å². The lowest BCUT2D eigenvalue weighted by atomic mass is 9.95. The molecule has 0 spiro atoms. The summed E-state index contributed by atoms with van der Waals surface area (Å²) in [7, 11) is 0. The molecule has 0 atom stereocenters. The Morgan fingerprint density at radius 3 is 2.40 bits per heavy atom. The second-order valence-corrected chi connectivity index (χ2v) is 5.15. The minimum Gasteiger partial charge on any atom is -0.352 e. The minimum absolute atomic E-state index is 0.0901. The van der Waals surface area contributed by atoms with Crippen molar-refractivity contribution in [1.29, 1.82) is 0 Å². The van der Waals surface area contributed by atoms with Gasteiger partial charge in [-0.2, -0.15) is 0 Å². The lowest BCUT2D eigenvalue weighted by Gasteiger charge is -2.18. The minimum atomic E-state index is -0.316. The zero-order chi connectivity index (χ0) is 11.6. The van der Waals surface area contributed by atoms with E-state index < -0.39 is 0 Å². The number of hydrogen-bond acceptors (Lipinski definition) is 2. The lowest BCUT2D eigenvalue weighted by molar-refractivity contribution is -0.128. The first-order valence-corrected chi connectivity index (χ1v) is 5.32. The van der Waals surface area contributed by atoms with E-state index in [0.29, 0.717) is 6.54 Å². The smallest absolute Gasteiger partial charge is 0.225 e. The summed E-state index contributed by atoms with van der Waals surface area (Å²) in [4.78, 5) is 16.0. The lowest BCUT2D eigenvalue weighted by Crippen LogP contribution is -2.36. The molecule has 0 unspecified atom stereocenters. The van der Waals surface area contributed by atoms with Crippen molar-refractivity contribution in [2.45, 2.75) is 41.0 Å². The van der Waals surface area contributed by atoms with Gasteiger partial charge in [-0.25, -0.2) is 0 Å². The maximum absolute atomic E-state index is 11.6. The monoisotopic (exact) mass is 208 g/mol. The zero-order valence-electron chi connectivity index (χ0n) is 10.3. The van der Waals surface area contributed by atoms with E-state index >= 15 is 0 Å². The Morgan fingerprint density at radius 2 is 2.00 bits per heavy atom. The first-order valence-electron chi connectivity index (χ1n) is 5.32. The molecule has 0 aliphatic carbocycles. The van der Waals surface area contributed by atoms with E-state index in [1.54, 1.807) is 0 Å². The Bertz CT molecular complexity index is 332. The first-order chi connectivity index (χ1) is 6.80. The van der Waals surface area contributed by atoms with E-state index in [1.165, 1.54) is 5.57 Å². The molecule has 1 amide bonds. The SMILES string of the molecule is CC1=NC(C)=C(CNC(=O)C(C)(C)C)C1. The fourth-order valence-corrected chi connectivity index (χ4v) is 1.48. The van der Waals surface area contributed by atoms with Crippen molar-refractivity contribution in [3.63, 3.8) is 0 Å². The highest BCUT2D eigenvalue weighted by Gasteiger charge is 2.21. The van der Waals surface area contributed by atoms with Crippen molar-refractivity contribution < 1.29 is 4.79 Å². The summed E-state index contributed by atoms with van der Waals surface area (Å²) >= 11 is 0. The maximum Gasteiger partial charge on any atom is 0.225 e. The molecule has 84 valence electrons. The molecular weight excluding hydrogens is 188 g/mol. The zero-order valence-corrected chi connectivity index (χ0v) is 10.3. The van der Waals surface area contributed by atoms with E-state index in [0.717, 1.165) is 17.8 Å². The highest BCUT2D eigenvalue weighted by molar-refractivity contribution is 5.88. The van der Waals surface area contributed by atoms with Gasteiger partial charge in [-0.1, -0.05) is 20.8 Å². The van der Waals surface area contributed by atoms with Gasteiger partial charge in [0.25, 0.3) is 0 Å². The first kappa shape index (κ1) is 12.0. The van der Waals surface area contributed by atoms with Gasteiger partial charge in [0.05, 0.1) is 0 Å². The number of nitrogens with one attached hydrogen (secondary N) is 1. The van der Waals surface area contributed by atoms with Gasteiger partial charge in [0.2, 0.25) is 5.91 Å². The normalized spacial score (nSPS) is 16.7. The van der Waals surface area contributed by atoms with Crippen LogP contribution >= 0.6 is 0 Å². The summed E-state index contributed by atoms with van der Waals surface area (Å²) in [5.74, 6) is 0.0901. The average molecular weight is 208 g/mol. The number of rotatable bonds is 2. The van der Waals surface area contributed by atoms with Crippen LogP contribution in [0.1, 0.15) is 41.0 Å². The van der Waals surface area contributed by atoms with E-state index in [2.05, 4.69) is 10.3 Å². The van der Waals surface area contributed by atoms with Crippen molar-refractivity contribution >= 4 is 11.6 Å². The van der Waals surface area contributed by atoms with Crippen molar-refractivity contribution in [1.82, 2.24) is 5.32 Å². The number of hydrogen-bond donors (Lipinski definition) is 1. The number of allylic oxidation sites excluding steroid dienone is 1. The molecule has 0 aromatic carbocycles. The molecule has 3 nitrogen and oxygen atoms in total. The van der Waals surface area contributed by atoms with Gasteiger partial charge < -0.3 is 5.32 Å². The summed E-state index contributed by atoms with van der Waals surface area (Å²) in [6.45, 7) is 10.4. The van der Waals surface area contributed by atoms with Crippen LogP contribution in [0.25, 0.3) is 0 Å². The number of carbonyl (C=O) groups excluding carboxylic acids is 1. The van der Waals surface area contributed by atoms with Crippen LogP contribution in [-0.2, 0) is 4.79 Å². The van der Waals surface area contributed by atoms with Crippen molar-refractivity contribution in [2.24, 2.45) is 10.4 Å². The molecule has 1 N–H and O–H groups in total. The fourth-order valence-electron chi connectivity index (χ4n) is 1.48. The van der Waals surface area contributed by atoms with Crippen molar-refractivity contribution in [3.05, 3.63) is 11.3 Å². The van der Waals surface area contributed by atoms with Crippen LogP contribution in [0.3, 0.4) is 0 Å². The van der Waals surface area contributed by atoms with Gasteiger partial charge >= 0.3 is 0 Å². The quantitative estimate of drug-likeness (QED) is 0.743. The number of amides is 1. The third-order valence-corrected chi connectivity index (χ3v) is 2.48. The fraction of sp³-hybridized carbons (Fsp3) is 0.667. The second-order valence-electron chi connectivity index (χ2n) is 5.15. The number of carbonyl (C=O) groups is 1. The molecule has 15 heavy (non-hydrogen) atoms. The maximum atomic E-state index is 11.6. The van der Waals surface area contributed by atoms with Gasteiger partial charge in [-0.3, -0.25) is 9.79 Å². The third-order valence-electron chi connectivity index (χ3n) is 2.48. The standard InChI is InChI=1S/C12H20N2O/c1-8-6-10(9(2)14-8)7-13-11(15)12(3,4)5/h6-7H2,1-5H3,(H,13,15). The summed E-state index contributed by atoms with van der Waals surface area (Å²) in [5.41, 5.74) is 3.10. The molecule has 0 bridgehead atoms. The van der Waals surface area contributed by atoms with Crippen LogP contribution in [0.4, 0.5) is 0 Å². The number of aliphatic imine (C=N–C) groups is 1. The molecule has 1 rings (SSSR count). The summed E-state index contributed by atoms with van der Waals surface area (Å²) in [5, 5.41) is 2.95. The van der Waals surface area contributed by atoms with E-state index in [-0.39, 0.29) is 11.3 Å². The highest BCUT2D eigenvalue weighted by Crippen LogP contribution is 2.19. The number of nitrogens with zero attached hydrogens (tertiary/aromatic N) is 1. The van der Waals surface area contributed by atoms with Crippen LogP contribution in [0.15, 0.2) is 16.3 Å². The van der Waals surface area contributed by atoms with Crippen molar-refractivity contribution in [2.75, 3.05) is 6.54 Å². The molecule has 0 saturated carbocycles. The summed E-state index contributed by atoms with van der Waals surface area (Å²) < 4.78 is 0. The predicted octanol–water partition coefficient (Wildman–Crippen LogP) is 2.29. The van der Waals surface area contributed by atoms with Crippen LogP contribution in [0.2, 0.25) is 0 Å². The van der Waals surface area contributed by atoms with E-state index in [1.807, 2.05) is 34.6 Å². The van der Waals surface area contributed by atoms with Gasteiger partial charge in [-0.15, -0.1) is 0 Å². The highest BCUT2D eigenvalue weighted by atomic mass is 16.2. The molecule has 0 radical (unpaired) electrons. The van der Waals surface area contributed by atoms with Crippen LogP contribution < -0.4 is 5.32 Å². The molecule has 0 saturated heterocycles. The molecule has 1 aliphatic heterocycles. The molecular formula is C12H20N2O. The van der Waals surface area contributed by atoms with Gasteiger partial charge in [0.1, 0.15) is 0 Å². The average Bonchev–Trinajstić information content (AvgIpc) is 2.39. The predicted molar refractivity (Wildman–Crippen MR) is 62.9 cm³/mol. The molecule has 1 heterocycles. The molecule has 0 aromatic rings.